The second-order valence-electron chi connectivity index (χ2n) is 7.42. The number of piperazine rings is 1. The topological polar surface area (TPSA) is 73.4 Å². The van der Waals surface area contributed by atoms with Crippen molar-refractivity contribution < 1.29 is 9.18 Å². The summed E-state index contributed by atoms with van der Waals surface area (Å²) in [6.45, 7) is 3.50. The van der Waals surface area contributed by atoms with Gasteiger partial charge in [0.15, 0.2) is 0 Å². The lowest BCUT2D eigenvalue weighted by molar-refractivity contribution is -0.110. The zero-order valence-corrected chi connectivity index (χ0v) is 16.8. The monoisotopic (exact) mass is 416 g/mol. The molecule has 7 nitrogen and oxygen atoms in total. The summed E-state index contributed by atoms with van der Waals surface area (Å²) in [7, 11) is 0. The Morgan fingerprint density at radius 3 is 2.42 bits per heavy atom. The molecular weight excluding hydrogens is 395 g/mol. The van der Waals surface area contributed by atoms with E-state index >= 15 is 0 Å². The molecule has 0 saturated carbocycles. The Morgan fingerprint density at radius 1 is 0.968 bits per heavy atom. The van der Waals surface area contributed by atoms with Gasteiger partial charge in [-0.2, -0.15) is 0 Å². The molecule has 0 unspecified atom stereocenters. The number of fused-ring (bicyclic) bond motifs is 1. The normalized spacial score (nSPS) is 16.9. The Hall–Kier alpha value is -3.94. The average Bonchev–Trinajstić information content (AvgIpc) is 3.13. The maximum absolute atomic E-state index is 13.6. The van der Waals surface area contributed by atoms with Crippen LogP contribution in [0.2, 0.25) is 0 Å². The molecule has 3 heterocycles. The van der Waals surface area contributed by atoms with Crippen LogP contribution in [0.5, 0.6) is 0 Å². The molecule has 1 amide bonds. The van der Waals surface area contributed by atoms with Gasteiger partial charge in [-0.05, 0) is 48.5 Å². The highest BCUT2D eigenvalue weighted by atomic mass is 19.1. The van der Waals surface area contributed by atoms with E-state index in [1.807, 2.05) is 18.2 Å². The second-order valence-corrected chi connectivity index (χ2v) is 7.42. The standard InChI is InChI=1S/C23H21FN6O/c24-16-2-7-21-19(14-16)20(22(31)28-21)15-27-17-3-5-18(6-4-17)29-10-12-30(13-11-29)23-25-8-1-9-26-23/h1-9,14-15,27H,10-13H2,(H,28,31). The molecule has 1 fully saturated rings. The molecule has 8 heteroatoms. The molecule has 31 heavy (non-hydrogen) atoms. The Labute approximate surface area is 179 Å². The number of hydrogen-bond acceptors (Lipinski definition) is 6. The van der Waals surface area contributed by atoms with Crippen molar-refractivity contribution in [2.24, 2.45) is 0 Å². The van der Waals surface area contributed by atoms with Gasteiger partial charge in [0, 0.05) is 67.4 Å². The van der Waals surface area contributed by atoms with Gasteiger partial charge in [0.05, 0.1) is 5.57 Å². The zero-order valence-electron chi connectivity index (χ0n) is 16.8. The van der Waals surface area contributed by atoms with Gasteiger partial charge in [-0.3, -0.25) is 4.79 Å². The number of aromatic nitrogens is 2. The van der Waals surface area contributed by atoms with Crippen LogP contribution >= 0.6 is 0 Å². The Morgan fingerprint density at radius 2 is 1.68 bits per heavy atom. The molecule has 2 N–H and O–H groups in total. The maximum Gasteiger partial charge on any atom is 0.257 e. The zero-order chi connectivity index (χ0) is 21.2. The van der Waals surface area contributed by atoms with Crippen LogP contribution in [0, 0.1) is 5.82 Å². The van der Waals surface area contributed by atoms with Gasteiger partial charge in [0.1, 0.15) is 5.82 Å². The highest BCUT2D eigenvalue weighted by molar-refractivity contribution is 6.31. The minimum absolute atomic E-state index is 0.245. The maximum atomic E-state index is 13.6. The number of hydrogen-bond donors (Lipinski definition) is 2. The molecule has 0 bridgehead atoms. The SMILES string of the molecule is O=C1Nc2ccc(F)cc2C1=CNc1ccc(N2CCN(c3ncccn3)CC2)cc1. The number of carbonyl (C=O) groups is 1. The van der Waals surface area contributed by atoms with Crippen molar-refractivity contribution in [1.29, 1.82) is 0 Å². The van der Waals surface area contributed by atoms with Crippen molar-refractivity contribution in [3.05, 3.63) is 78.5 Å². The van der Waals surface area contributed by atoms with E-state index in [9.17, 15) is 9.18 Å². The predicted octanol–water partition coefficient (Wildman–Crippen LogP) is 3.35. The Balaban J connectivity index is 1.23. The first-order valence-electron chi connectivity index (χ1n) is 10.1. The van der Waals surface area contributed by atoms with E-state index in [0.717, 1.165) is 43.5 Å². The van der Waals surface area contributed by atoms with Crippen molar-refractivity contribution in [3.63, 3.8) is 0 Å². The van der Waals surface area contributed by atoms with Gasteiger partial charge < -0.3 is 20.4 Å². The summed E-state index contributed by atoms with van der Waals surface area (Å²) in [5.74, 6) is 0.154. The first-order chi connectivity index (χ1) is 15.2. The minimum atomic E-state index is -0.371. The van der Waals surface area contributed by atoms with Gasteiger partial charge in [-0.25, -0.2) is 14.4 Å². The molecule has 2 aromatic carbocycles. The first-order valence-corrected chi connectivity index (χ1v) is 10.1. The van der Waals surface area contributed by atoms with Crippen LogP contribution in [0.25, 0.3) is 5.57 Å². The largest absolute Gasteiger partial charge is 0.368 e. The highest BCUT2D eigenvalue weighted by Gasteiger charge is 2.24. The van der Waals surface area contributed by atoms with Gasteiger partial charge in [0.25, 0.3) is 5.91 Å². The lowest BCUT2D eigenvalue weighted by Gasteiger charge is -2.36. The number of nitrogens with zero attached hydrogens (tertiary/aromatic N) is 4. The van der Waals surface area contributed by atoms with Crippen LogP contribution in [-0.4, -0.2) is 42.1 Å². The van der Waals surface area contributed by atoms with Crippen LogP contribution in [0.3, 0.4) is 0 Å². The van der Waals surface area contributed by atoms with E-state index in [-0.39, 0.29) is 11.7 Å². The van der Waals surface area contributed by atoms with E-state index in [0.29, 0.717) is 16.8 Å². The highest BCUT2D eigenvalue weighted by Crippen LogP contribution is 2.32. The lowest BCUT2D eigenvalue weighted by atomic mass is 10.1. The number of benzene rings is 2. The number of amides is 1. The summed E-state index contributed by atoms with van der Waals surface area (Å²) in [5.41, 5.74) is 3.59. The van der Waals surface area contributed by atoms with Crippen molar-refractivity contribution in [2.45, 2.75) is 0 Å². The van der Waals surface area contributed by atoms with Crippen LogP contribution in [0.4, 0.5) is 27.4 Å². The lowest BCUT2D eigenvalue weighted by Crippen LogP contribution is -2.47. The molecule has 2 aliphatic heterocycles. The van der Waals surface area contributed by atoms with E-state index in [2.05, 4.69) is 42.5 Å². The summed E-state index contributed by atoms with van der Waals surface area (Å²) < 4.78 is 13.6. The number of rotatable bonds is 4. The van der Waals surface area contributed by atoms with Gasteiger partial charge >= 0.3 is 0 Å². The molecule has 2 aliphatic rings. The van der Waals surface area contributed by atoms with Crippen molar-refractivity contribution >= 4 is 34.5 Å². The number of anilines is 4. The van der Waals surface area contributed by atoms with E-state index < -0.39 is 0 Å². The van der Waals surface area contributed by atoms with Crippen LogP contribution < -0.4 is 20.4 Å². The van der Waals surface area contributed by atoms with Gasteiger partial charge in [-0.15, -0.1) is 0 Å². The Bertz CT molecular complexity index is 1120. The molecule has 0 spiro atoms. The van der Waals surface area contributed by atoms with Crippen molar-refractivity contribution in [2.75, 3.05) is 46.6 Å². The van der Waals surface area contributed by atoms with Crippen LogP contribution in [0.15, 0.2) is 67.1 Å². The summed E-state index contributed by atoms with van der Waals surface area (Å²) in [6, 6.07) is 14.1. The summed E-state index contributed by atoms with van der Waals surface area (Å²) in [6.07, 6.45) is 5.15. The molecule has 0 aliphatic carbocycles. The molecular formula is C23H21FN6O. The van der Waals surface area contributed by atoms with Gasteiger partial charge in [0.2, 0.25) is 5.95 Å². The summed E-state index contributed by atoms with van der Waals surface area (Å²) >= 11 is 0. The Kier molecular flexibility index (Phi) is 4.95. The van der Waals surface area contributed by atoms with Crippen LogP contribution in [-0.2, 0) is 4.79 Å². The average molecular weight is 416 g/mol. The predicted molar refractivity (Wildman–Crippen MR) is 120 cm³/mol. The number of carbonyl (C=O) groups excluding carboxylic acids is 1. The summed E-state index contributed by atoms with van der Waals surface area (Å²) in [5, 5.41) is 5.89. The van der Waals surface area contributed by atoms with E-state index in [1.165, 1.54) is 12.1 Å². The molecule has 3 aromatic rings. The molecule has 1 saturated heterocycles. The smallest absolute Gasteiger partial charge is 0.257 e. The fourth-order valence-corrected chi connectivity index (χ4v) is 3.85. The van der Waals surface area contributed by atoms with E-state index in [1.54, 1.807) is 24.7 Å². The fraction of sp³-hybridized carbons (Fsp3) is 0.174. The molecule has 156 valence electrons. The fourth-order valence-electron chi connectivity index (χ4n) is 3.85. The molecule has 5 rings (SSSR count). The summed E-state index contributed by atoms with van der Waals surface area (Å²) in [4.78, 5) is 25.3. The molecule has 1 aromatic heterocycles. The molecule has 0 radical (unpaired) electrons. The van der Waals surface area contributed by atoms with E-state index in [4.69, 9.17) is 0 Å². The third kappa shape index (κ3) is 3.92. The van der Waals surface area contributed by atoms with Crippen molar-refractivity contribution in [3.8, 4) is 0 Å². The molecule has 0 atom stereocenters. The second kappa shape index (κ2) is 8.06. The van der Waals surface area contributed by atoms with Crippen LogP contribution in [0.1, 0.15) is 5.56 Å². The van der Waals surface area contributed by atoms with Gasteiger partial charge in [-0.1, -0.05) is 0 Å². The number of halogens is 1. The first kappa shape index (κ1) is 19.0. The minimum Gasteiger partial charge on any atom is -0.368 e. The van der Waals surface area contributed by atoms with Crippen molar-refractivity contribution in [1.82, 2.24) is 9.97 Å². The third-order valence-electron chi connectivity index (χ3n) is 5.49. The number of nitrogens with one attached hydrogen (secondary N) is 2. The third-order valence-corrected chi connectivity index (χ3v) is 5.49. The quantitative estimate of drug-likeness (QED) is 0.636.